The summed E-state index contributed by atoms with van der Waals surface area (Å²) in [6.07, 6.45) is 1.43. The molecule has 0 aromatic heterocycles. The highest BCUT2D eigenvalue weighted by Gasteiger charge is 1.93. The fourth-order valence-electron chi connectivity index (χ4n) is 0.816. The lowest BCUT2D eigenvalue weighted by Crippen LogP contribution is -1.85. The SMILES string of the molecule is [N-]=[N+]=Nc1ccccc1/C=N/N. The van der Waals surface area contributed by atoms with E-state index in [0.717, 1.165) is 0 Å². The Morgan fingerprint density at radius 2 is 2.17 bits per heavy atom. The lowest BCUT2D eigenvalue weighted by atomic mass is 10.2. The molecule has 12 heavy (non-hydrogen) atoms. The van der Waals surface area contributed by atoms with Gasteiger partial charge in [-0.2, -0.15) is 5.10 Å². The molecular formula is C7H7N5. The summed E-state index contributed by atoms with van der Waals surface area (Å²) < 4.78 is 0. The molecule has 1 aromatic rings. The van der Waals surface area contributed by atoms with E-state index in [9.17, 15) is 0 Å². The van der Waals surface area contributed by atoms with Crippen molar-refractivity contribution in [1.29, 1.82) is 0 Å². The van der Waals surface area contributed by atoms with Crippen LogP contribution in [0.3, 0.4) is 0 Å². The van der Waals surface area contributed by atoms with Gasteiger partial charge in [-0.25, -0.2) is 0 Å². The summed E-state index contributed by atoms with van der Waals surface area (Å²) in [5.74, 6) is 4.96. The number of benzene rings is 1. The summed E-state index contributed by atoms with van der Waals surface area (Å²) in [5, 5.41) is 6.80. The fourth-order valence-corrected chi connectivity index (χ4v) is 0.816. The Kier molecular flexibility index (Phi) is 2.70. The molecule has 0 aliphatic carbocycles. The average Bonchev–Trinajstić information content (AvgIpc) is 2.09. The molecule has 0 amide bonds. The van der Waals surface area contributed by atoms with Crippen LogP contribution < -0.4 is 5.84 Å². The lowest BCUT2D eigenvalue weighted by Gasteiger charge is -1.95. The number of nitrogens with zero attached hydrogens (tertiary/aromatic N) is 4. The second kappa shape index (κ2) is 4.00. The van der Waals surface area contributed by atoms with Crippen LogP contribution in [0, 0.1) is 0 Å². The standard InChI is InChI=1S/C7H7N5/c8-10-5-6-3-1-2-4-7(6)11-12-9/h1-5H,8H2/b10-5+. The largest absolute Gasteiger partial charge is 0.323 e. The van der Waals surface area contributed by atoms with Crippen LogP contribution in [0.1, 0.15) is 5.56 Å². The average molecular weight is 161 g/mol. The van der Waals surface area contributed by atoms with E-state index in [1.54, 1.807) is 18.2 Å². The van der Waals surface area contributed by atoms with Gasteiger partial charge in [0.1, 0.15) is 0 Å². The fraction of sp³-hybridized carbons (Fsp3) is 0. The summed E-state index contributed by atoms with van der Waals surface area (Å²) in [7, 11) is 0. The number of hydrogen-bond donors (Lipinski definition) is 1. The zero-order valence-corrected chi connectivity index (χ0v) is 6.25. The van der Waals surface area contributed by atoms with E-state index < -0.39 is 0 Å². The molecule has 0 radical (unpaired) electrons. The summed E-state index contributed by atoms with van der Waals surface area (Å²) in [4.78, 5) is 2.67. The van der Waals surface area contributed by atoms with Crippen molar-refractivity contribution in [3.8, 4) is 0 Å². The number of rotatable bonds is 2. The van der Waals surface area contributed by atoms with Gasteiger partial charge >= 0.3 is 0 Å². The molecule has 1 rings (SSSR count). The number of hydrazone groups is 1. The Bertz CT molecular complexity index is 337. The van der Waals surface area contributed by atoms with Crippen molar-refractivity contribution in [2.24, 2.45) is 16.1 Å². The third-order valence-electron chi connectivity index (χ3n) is 1.30. The second-order valence-corrected chi connectivity index (χ2v) is 2.03. The van der Waals surface area contributed by atoms with E-state index in [4.69, 9.17) is 11.4 Å². The van der Waals surface area contributed by atoms with Crippen LogP contribution in [-0.4, -0.2) is 6.21 Å². The van der Waals surface area contributed by atoms with Crippen LogP contribution in [0.2, 0.25) is 0 Å². The molecule has 0 aliphatic heterocycles. The van der Waals surface area contributed by atoms with E-state index in [1.807, 2.05) is 6.07 Å². The maximum Gasteiger partial charge on any atom is 0.0542 e. The van der Waals surface area contributed by atoms with Gasteiger partial charge in [0, 0.05) is 16.2 Å². The zero-order chi connectivity index (χ0) is 8.81. The molecule has 60 valence electrons. The van der Waals surface area contributed by atoms with Crippen molar-refractivity contribution < 1.29 is 0 Å². The summed E-state index contributed by atoms with van der Waals surface area (Å²) in [6, 6.07) is 7.04. The van der Waals surface area contributed by atoms with Crippen LogP contribution in [0.25, 0.3) is 10.4 Å². The molecule has 0 unspecified atom stereocenters. The molecule has 0 saturated heterocycles. The van der Waals surface area contributed by atoms with Crippen molar-refractivity contribution in [1.82, 2.24) is 0 Å². The molecule has 0 heterocycles. The predicted molar refractivity (Wildman–Crippen MR) is 47.0 cm³/mol. The quantitative estimate of drug-likeness (QED) is 0.176. The zero-order valence-electron chi connectivity index (χ0n) is 6.25. The van der Waals surface area contributed by atoms with Gasteiger partial charge in [-0.05, 0) is 5.53 Å². The molecule has 0 spiro atoms. The van der Waals surface area contributed by atoms with Crippen molar-refractivity contribution >= 4 is 11.9 Å². The predicted octanol–water partition coefficient (Wildman–Crippen LogP) is 1.92. The Morgan fingerprint density at radius 3 is 2.83 bits per heavy atom. The number of hydrogen-bond acceptors (Lipinski definition) is 3. The highest BCUT2D eigenvalue weighted by atomic mass is 15.1. The second-order valence-electron chi connectivity index (χ2n) is 2.03. The van der Waals surface area contributed by atoms with E-state index >= 15 is 0 Å². The normalized spacial score (nSPS) is 9.67. The van der Waals surface area contributed by atoms with Gasteiger partial charge in [-0.3, -0.25) is 0 Å². The number of nitrogens with two attached hydrogens (primary N) is 1. The van der Waals surface area contributed by atoms with Crippen LogP contribution >= 0.6 is 0 Å². The van der Waals surface area contributed by atoms with E-state index in [1.165, 1.54) is 6.21 Å². The summed E-state index contributed by atoms with van der Waals surface area (Å²) >= 11 is 0. The van der Waals surface area contributed by atoms with Crippen LogP contribution in [-0.2, 0) is 0 Å². The van der Waals surface area contributed by atoms with E-state index in [0.29, 0.717) is 11.3 Å². The molecule has 0 saturated carbocycles. The lowest BCUT2D eigenvalue weighted by molar-refractivity contribution is 1.26. The summed E-state index contributed by atoms with van der Waals surface area (Å²) in [6.45, 7) is 0. The van der Waals surface area contributed by atoms with Crippen molar-refractivity contribution in [3.63, 3.8) is 0 Å². The van der Waals surface area contributed by atoms with Gasteiger partial charge in [-0.1, -0.05) is 29.4 Å². The first-order valence-electron chi connectivity index (χ1n) is 3.26. The Hall–Kier alpha value is -2.00. The minimum Gasteiger partial charge on any atom is -0.323 e. The van der Waals surface area contributed by atoms with Crippen molar-refractivity contribution in [2.75, 3.05) is 0 Å². The van der Waals surface area contributed by atoms with Crippen LogP contribution in [0.5, 0.6) is 0 Å². The first-order chi connectivity index (χ1) is 5.88. The highest BCUT2D eigenvalue weighted by molar-refractivity contribution is 5.86. The molecule has 5 heteroatoms. The Labute approximate surface area is 69.1 Å². The maximum atomic E-state index is 8.19. The highest BCUT2D eigenvalue weighted by Crippen LogP contribution is 2.16. The van der Waals surface area contributed by atoms with Gasteiger partial charge in [0.15, 0.2) is 0 Å². The van der Waals surface area contributed by atoms with Gasteiger partial charge in [-0.15, -0.1) is 0 Å². The molecule has 0 atom stereocenters. The molecule has 1 aromatic carbocycles. The van der Waals surface area contributed by atoms with Gasteiger partial charge in [0.2, 0.25) is 0 Å². The Morgan fingerprint density at radius 1 is 1.42 bits per heavy atom. The van der Waals surface area contributed by atoms with E-state index in [-0.39, 0.29) is 0 Å². The number of azide groups is 1. The minimum atomic E-state index is 0.522. The molecule has 2 N–H and O–H groups in total. The summed E-state index contributed by atoms with van der Waals surface area (Å²) in [5.41, 5.74) is 9.42. The topological polar surface area (TPSA) is 87.1 Å². The monoisotopic (exact) mass is 161 g/mol. The third-order valence-corrected chi connectivity index (χ3v) is 1.30. The first kappa shape index (κ1) is 8.10. The third kappa shape index (κ3) is 1.74. The van der Waals surface area contributed by atoms with E-state index in [2.05, 4.69) is 15.1 Å². The molecule has 0 fully saturated rings. The Balaban J connectivity index is 3.16. The molecule has 5 nitrogen and oxygen atoms in total. The van der Waals surface area contributed by atoms with Crippen molar-refractivity contribution in [2.45, 2.75) is 0 Å². The maximum absolute atomic E-state index is 8.19. The van der Waals surface area contributed by atoms with Gasteiger partial charge in [0.25, 0.3) is 0 Å². The van der Waals surface area contributed by atoms with Crippen molar-refractivity contribution in [3.05, 3.63) is 40.3 Å². The van der Waals surface area contributed by atoms with Crippen LogP contribution in [0.4, 0.5) is 5.69 Å². The van der Waals surface area contributed by atoms with Gasteiger partial charge < -0.3 is 5.84 Å². The minimum absolute atomic E-state index is 0.522. The van der Waals surface area contributed by atoms with Crippen LogP contribution in [0.15, 0.2) is 34.5 Å². The molecule has 0 aliphatic rings. The first-order valence-corrected chi connectivity index (χ1v) is 3.26. The smallest absolute Gasteiger partial charge is 0.0542 e. The van der Waals surface area contributed by atoms with Gasteiger partial charge in [0.05, 0.1) is 6.21 Å². The molecular weight excluding hydrogens is 154 g/mol. The molecule has 0 bridgehead atoms.